The van der Waals surface area contributed by atoms with Gasteiger partial charge in [0.15, 0.2) is 0 Å². The van der Waals surface area contributed by atoms with Crippen molar-refractivity contribution >= 4 is 0 Å². The van der Waals surface area contributed by atoms with Gasteiger partial charge < -0.3 is 14.8 Å². The van der Waals surface area contributed by atoms with E-state index in [4.69, 9.17) is 9.47 Å². The van der Waals surface area contributed by atoms with Crippen LogP contribution >= 0.6 is 0 Å². The summed E-state index contributed by atoms with van der Waals surface area (Å²) >= 11 is 0. The number of hydrogen-bond acceptors (Lipinski definition) is 3. The van der Waals surface area contributed by atoms with Gasteiger partial charge in [0.25, 0.3) is 0 Å². The first-order valence-electron chi connectivity index (χ1n) is 8.31. The number of ether oxygens (including phenoxy) is 2. The van der Waals surface area contributed by atoms with Crippen LogP contribution in [0.3, 0.4) is 0 Å². The van der Waals surface area contributed by atoms with Crippen LogP contribution in [0.15, 0.2) is 18.2 Å². The molecule has 1 saturated carbocycles. The first-order valence-corrected chi connectivity index (χ1v) is 8.31. The fourth-order valence-electron chi connectivity index (χ4n) is 2.07. The second kappa shape index (κ2) is 8.28. The van der Waals surface area contributed by atoms with Gasteiger partial charge in [-0.25, -0.2) is 0 Å². The minimum atomic E-state index is 0.664. The van der Waals surface area contributed by atoms with Crippen molar-refractivity contribution in [2.24, 2.45) is 5.92 Å². The zero-order valence-corrected chi connectivity index (χ0v) is 13.7. The van der Waals surface area contributed by atoms with Crippen LogP contribution in [0.2, 0.25) is 0 Å². The Kier molecular flexibility index (Phi) is 6.37. The maximum atomic E-state index is 6.00. The molecule has 0 aliphatic heterocycles. The summed E-state index contributed by atoms with van der Waals surface area (Å²) < 4.78 is 11.7. The Hall–Kier alpha value is -1.22. The van der Waals surface area contributed by atoms with Crippen molar-refractivity contribution in [3.8, 4) is 11.5 Å². The Balaban J connectivity index is 1.97. The summed E-state index contributed by atoms with van der Waals surface area (Å²) in [6.07, 6.45) is 4.71. The highest BCUT2D eigenvalue weighted by atomic mass is 16.5. The lowest BCUT2D eigenvalue weighted by molar-refractivity contribution is 0.280. The predicted molar refractivity (Wildman–Crippen MR) is 87.0 cm³/mol. The van der Waals surface area contributed by atoms with E-state index in [0.717, 1.165) is 44.1 Å². The first-order chi connectivity index (χ1) is 10.2. The molecule has 1 aliphatic carbocycles. The van der Waals surface area contributed by atoms with E-state index in [1.54, 1.807) is 0 Å². The first kappa shape index (κ1) is 16.2. The lowest BCUT2D eigenvalue weighted by atomic mass is 10.1. The SMILES string of the molecule is CCCOc1ccc(CNC2CC2)c(OCCC(C)C)c1. The smallest absolute Gasteiger partial charge is 0.127 e. The largest absolute Gasteiger partial charge is 0.493 e. The Bertz CT molecular complexity index is 427. The van der Waals surface area contributed by atoms with Crippen molar-refractivity contribution < 1.29 is 9.47 Å². The Morgan fingerprint density at radius 2 is 2.00 bits per heavy atom. The molecule has 1 aromatic rings. The van der Waals surface area contributed by atoms with E-state index in [9.17, 15) is 0 Å². The molecule has 118 valence electrons. The molecule has 3 nitrogen and oxygen atoms in total. The van der Waals surface area contributed by atoms with Crippen molar-refractivity contribution in [1.82, 2.24) is 5.32 Å². The van der Waals surface area contributed by atoms with Crippen LogP contribution < -0.4 is 14.8 Å². The summed E-state index contributed by atoms with van der Waals surface area (Å²) in [5, 5.41) is 3.55. The van der Waals surface area contributed by atoms with E-state index >= 15 is 0 Å². The monoisotopic (exact) mass is 291 g/mol. The average molecular weight is 291 g/mol. The third-order valence-corrected chi connectivity index (χ3v) is 3.62. The van der Waals surface area contributed by atoms with E-state index in [2.05, 4.69) is 38.2 Å². The van der Waals surface area contributed by atoms with Crippen molar-refractivity contribution in [2.75, 3.05) is 13.2 Å². The average Bonchev–Trinajstić information content (AvgIpc) is 3.28. The Morgan fingerprint density at radius 3 is 2.67 bits per heavy atom. The molecule has 2 rings (SSSR count). The van der Waals surface area contributed by atoms with Crippen LogP contribution in [0, 0.1) is 5.92 Å². The quantitative estimate of drug-likeness (QED) is 0.702. The molecule has 1 fully saturated rings. The molecule has 1 aromatic carbocycles. The van der Waals surface area contributed by atoms with Crippen LogP contribution in [0.4, 0.5) is 0 Å². The maximum absolute atomic E-state index is 6.00. The molecule has 0 spiro atoms. The highest BCUT2D eigenvalue weighted by molar-refractivity contribution is 5.40. The molecule has 0 amide bonds. The topological polar surface area (TPSA) is 30.5 Å². The van der Waals surface area contributed by atoms with Crippen LogP contribution in [-0.4, -0.2) is 19.3 Å². The molecule has 1 aliphatic rings. The molecule has 0 atom stereocenters. The maximum Gasteiger partial charge on any atom is 0.127 e. The molecule has 0 radical (unpaired) electrons. The summed E-state index contributed by atoms with van der Waals surface area (Å²) in [5.41, 5.74) is 1.23. The normalized spacial score (nSPS) is 14.5. The Labute approximate surface area is 129 Å². The molecule has 21 heavy (non-hydrogen) atoms. The lowest BCUT2D eigenvalue weighted by Crippen LogP contribution is -2.16. The molecular weight excluding hydrogens is 262 g/mol. The highest BCUT2D eigenvalue weighted by Gasteiger charge is 2.20. The fourth-order valence-corrected chi connectivity index (χ4v) is 2.07. The molecule has 0 unspecified atom stereocenters. The molecule has 0 aromatic heterocycles. The summed E-state index contributed by atoms with van der Waals surface area (Å²) in [6.45, 7) is 8.97. The van der Waals surface area contributed by atoms with Crippen LogP contribution in [-0.2, 0) is 6.54 Å². The van der Waals surface area contributed by atoms with Gasteiger partial charge in [0, 0.05) is 24.2 Å². The van der Waals surface area contributed by atoms with E-state index < -0.39 is 0 Å². The van der Waals surface area contributed by atoms with Crippen LogP contribution in [0.1, 0.15) is 52.0 Å². The van der Waals surface area contributed by atoms with Gasteiger partial charge in [-0.05, 0) is 37.7 Å². The second-order valence-corrected chi connectivity index (χ2v) is 6.30. The standard InChI is InChI=1S/C18H29NO2/c1-4-10-20-17-8-5-15(13-19-16-6-7-16)18(12-17)21-11-9-14(2)3/h5,8,12,14,16,19H,4,6-7,9-11,13H2,1-3H3. The number of rotatable bonds is 10. The van der Waals surface area contributed by atoms with Crippen LogP contribution in [0.25, 0.3) is 0 Å². The highest BCUT2D eigenvalue weighted by Crippen LogP contribution is 2.27. The summed E-state index contributed by atoms with van der Waals surface area (Å²) in [5.74, 6) is 2.54. The van der Waals surface area contributed by atoms with Gasteiger partial charge in [-0.1, -0.05) is 26.8 Å². The zero-order valence-electron chi connectivity index (χ0n) is 13.7. The van der Waals surface area contributed by atoms with Crippen molar-refractivity contribution in [1.29, 1.82) is 0 Å². The summed E-state index contributed by atoms with van der Waals surface area (Å²) in [7, 11) is 0. The van der Waals surface area contributed by atoms with Crippen molar-refractivity contribution in [3.05, 3.63) is 23.8 Å². The minimum Gasteiger partial charge on any atom is -0.493 e. The molecule has 3 heteroatoms. The van der Waals surface area contributed by atoms with Gasteiger partial charge >= 0.3 is 0 Å². The summed E-state index contributed by atoms with van der Waals surface area (Å²) in [6, 6.07) is 6.93. The molecule has 0 bridgehead atoms. The summed E-state index contributed by atoms with van der Waals surface area (Å²) in [4.78, 5) is 0. The zero-order chi connectivity index (χ0) is 15.1. The van der Waals surface area contributed by atoms with Gasteiger partial charge in [-0.2, -0.15) is 0 Å². The lowest BCUT2D eigenvalue weighted by Gasteiger charge is -2.15. The third kappa shape index (κ3) is 5.96. The van der Waals surface area contributed by atoms with Gasteiger partial charge in [-0.3, -0.25) is 0 Å². The molecule has 0 heterocycles. The van der Waals surface area contributed by atoms with Gasteiger partial charge in [0.05, 0.1) is 13.2 Å². The van der Waals surface area contributed by atoms with Crippen LogP contribution in [0.5, 0.6) is 11.5 Å². The van der Waals surface area contributed by atoms with E-state index in [-0.39, 0.29) is 0 Å². The molecule has 0 saturated heterocycles. The third-order valence-electron chi connectivity index (χ3n) is 3.62. The van der Waals surface area contributed by atoms with E-state index in [1.807, 2.05) is 6.07 Å². The number of hydrogen-bond donors (Lipinski definition) is 1. The Morgan fingerprint density at radius 1 is 1.19 bits per heavy atom. The van der Waals surface area contributed by atoms with Gasteiger partial charge in [0.2, 0.25) is 0 Å². The van der Waals surface area contributed by atoms with Crippen molar-refractivity contribution in [3.63, 3.8) is 0 Å². The molecular formula is C18H29NO2. The van der Waals surface area contributed by atoms with E-state index in [0.29, 0.717) is 12.0 Å². The molecule has 1 N–H and O–H groups in total. The second-order valence-electron chi connectivity index (χ2n) is 6.30. The number of benzene rings is 1. The minimum absolute atomic E-state index is 0.664. The number of nitrogens with one attached hydrogen (secondary N) is 1. The fraction of sp³-hybridized carbons (Fsp3) is 0.667. The van der Waals surface area contributed by atoms with E-state index in [1.165, 1.54) is 18.4 Å². The van der Waals surface area contributed by atoms with Crippen molar-refractivity contribution in [2.45, 2.75) is 59.0 Å². The predicted octanol–water partition coefficient (Wildman–Crippen LogP) is 4.15. The van der Waals surface area contributed by atoms with Gasteiger partial charge in [0.1, 0.15) is 11.5 Å². The van der Waals surface area contributed by atoms with Gasteiger partial charge in [-0.15, -0.1) is 0 Å².